The quantitative estimate of drug-likeness (QED) is 0.815. The Bertz CT molecular complexity index is 796. The second-order valence-corrected chi connectivity index (χ2v) is 7.01. The fraction of sp³-hybridized carbons (Fsp3) is 0.263. The first-order chi connectivity index (χ1) is 12.5. The summed E-state index contributed by atoms with van der Waals surface area (Å²) in [5.74, 6) is -0.154. The number of nitrogens with one attached hydrogen (secondary N) is 2. The second-order valence-electron chi connectivity index (χ2n) is 6.14. The van der Waals surface area contributed by atoms with Crippen LogP contribution in [0, 0.1) is 0 Å². The third-order valence-electron chi connectivity index (χ3n) is 4.27. The number of carbonyl (C=O) groups excluding carboxylic acids is 2. The molecule has 26 heavy (non-hydrogen) atoms. The minimum absolute atomic E-state index is 0.154. The fourth-order valence-corrected chi connectivity index (χ4v) is 3.27. The topological polar surface area (TPSA) is 61.4 Å². The highest BCUT2D eigenvalue weighted by atomic mass is 35.5. The van der Waals surface area contributed by atoms with Gasteiger partial charge in [0.25, 0.3) is 0 Å². The van der Waals surface area contributed by atoms with E-state index in [0.717, 1.165) is 12.0 Å². The van der Waals surface area contributed by atoms with Crippen LogP contribution in [-0.4, -0.2) is 29.4 Å². The average molecular weight is 392 g/mol. The summed E-state index contributed by atoms with van der Waals surface area (Å²) in [6.45, 7) is 0.946. The second kappa shape index (κ2) is 8.43. The highest BCUT2D eigenvalue weighted by Crippen LogP contribution is 2.21. The SMILES string of the molecule is O=C(NCc1ccc(Cl)cc1)[C@@H]1CCCN1C(=O)Nc1cccc(Cl)c1. The molecule has 2 N–H and O–H groups in total. The predicted molar refractivity (Wildman–Crippen MR) is 103 cm³/mol. The molecule has 1 aliphatic heterocycles. The number of nitrogens with zero attached hydrogens (tertiary/aromatic N) is 1. The largest absolute Gasteiger partial charge is 0.350 e. The van der Waals surface area contributed by atoms with Crippen LogP contribution in [-0.2, 0) is 11.3 Å². The van der Waals surface area contributed by atoms with Crippen LogP contribution in [0.25, 0.3) is 0 Å². The minimum Gasteiger partial charge on any atom is -0.350 e. The normalized spacial score (nSPS) is 16.4. The molecule has 7 heteroatoms. The van der Waals surface area contributed by atoms with Crippen molar-refractivity contribution in [2.24, 2.45) is 0 Å². The Hall–Kier alpha value is -2.24. The third-order valence-corrected chi connectivity index (χ3v) is 4.76. The van der Waals surface area contributed by atoms with Crippen molar-refractivity contribution in [1.29, 1.82) is 0 Å². The van der Waals surface area contributed by atoms with Gasteiger partial charge in [-0.3, -0.25) is 4.79 Å². The van der Waals surface area contributed by atoms with E-state index < -0.39 is 6.04 Å². The van der Waals surface area contributed by atoms with Crippen LogP contribution in [0.3, 0.4) is 0 Å². The molecule has 1 fully saturated rings. The molecule has 0 aromatic heterocycles. The number of halogens is 2. The highest BCUT2D eigenvalue weighted by molar-refractivity contribution is 6.31. The Morgan fingerprint density at radius 1 is 1.08 bits per heavy atom. The number of hydrogen-bond acceptors (Lipinski definition) is 2. The molecule has 0 radical (unpaired) electrons. The van der Waals surface area contributed by atoms with Gasteiger partial charge in [0, 0.05) is 28.8 Å². The summed E-state index contributed by atoms with van der Waals surface area (Å²) >= 11 is 11.8. The van der Waals surface area contributed by atoms with E-state index in [4.69, 9.17) is 23.2 Å². The van der Waals surface area contributed by atoms with Crippen LogP contribution in [0.1, 0.15) is 18.4 Å². The van der Waals surface area contributed by atoms with Gasteiger partial charge in [0.05, 0.1) is 0 Å². The van der Waals surface area contributed by atoms with Crippen molar-refractivity contribution in [3.63, 3.8) is 0 Å². The van der Waals surface area contributed by atoms with Gasteiger partial charge in [-0.05, 0) is 48.7 Å². The lowest BCUT2D eigenvalue weighted by Crippen LogP contribution is -2.47. The number of likely N-dealkylation sites (tertiary alicyclic amines) is 1. The van der Waals surface area contributed by atoms with Gasteiger partial charge in [0.1, 0.15) is 6.04 Å². The Labute approximate surface area is 162 Å². The Morgan fingerprint density at radius 2 is 1.85 bits per heavy atom. The Balaban J connectivity index is 1.58. The van der Waals surface area contributed by atoms with Crippen LogP contribution in [0.15, 0.2) is 48.5 Å². The molecule has 2 aromatic rings. The van der Waals surface area contributed by atoms with E-state index in [9.17, 15) is 9.59 Å². The van der Waals surface area contributed by atoms with Crippen LogP contribution in [0.4, 0.5) is 10.5 Å². The number of benzene rings is 2. The molecule has 1 aliphatic rings. The van der Waals surface area contributed by atoms with Gasteiger partial charge in [-0.15, -0.1) is 0 Å². The summed E-state index contributed by atoms with van der Waals surface area (Å²) in [6.07, 6.45) is 1.44. The summed E-state index contributed by atoms with van der Waals surface area (Å²) < 4.78 is 0. The Kier molecular flexibility index (Phi) is 6.01. The van der Waals surface area contributed by atoms with Gasteiger partial charge >= 0.3 is 6.03 Å². The molecule has 0 saturated carbocycles. The van der Waals surface area contributed by atoms with Gasteiger partial charge in [0.15, 0.2) is 0 Å². The molecule has 1 atom stereocenters. The van der Waals surface area contributed by atoms with E-state index in [-0.39, 0.29) is 11.9 Å². The Morgan fingerprint density at radius 3 is 2.58 bits per heavy atom. The van der Waals surface area contributed by atoms with Crippen molar-refractivity contribution in [1.82, 2.24) is 10.2 Å². The van der Waals surface area contributed by atoms with E-state index >= 15 is 0 Å². The monoisotopic (exact) mass is 391 g/mol. The van der Waals surface area contributed by atoms with Gasteiger partial charge in [-0.2, -0.15) is 0 Å². The zero-order valence-corrected chi connectivity index (χ0v) is 15.6. The summed E-state index contributed by atoms with van der Waals surface area (Å²) in [7, 11) is 0. The van der Waals surface area contributed by atoms with Crippen LogP contribution in [0.2, 0.25) is 10.0 Å². The third kappa shape index (κ3) is 4.68. The van der Waals surface area contributed by atoms with Gasteiger partial charge in [0.2, 0.25) is 5.91 Å². The minimum atomic E-state index is -0.471. The molecule has 2 aromatic carbocycles. The average Bonchev–Trinajstić information content (AvgIpc) is 3.11. The number of hydrogen-bond donors (Lipinski definition) is 2. The van der Waals surface area contributed by atoms with Crippen molar-refractivity contribution in [2.75, 3.05) is 11.9 Å². The molecule has 3 amide bonds. The molecule has 1 saturated heterocycles. The zero-order valence-electron chi connectivity index (χ0n) is 14.0. The number of rotatable bonds is 4. The maximum absolute atomic E-state index is 12.5. The standard InChI is InChI=1S/C19H19Cl2N3O2/c20-14-8-6-13(7-9-14)12-22-18(25)17-5-2-10-24(17)19(26)23-16-4-1-3-15(21)11-16/h1,3-4,6-9,11,17H,2,5,10,12H2,(H,22,25)(H,23,26)/t17-/m0/s1. The number of amides is 3. The maximum atomic E-state index is 12.5. The lowest BCUT2D eigenvalue weighted by atomic mass is 10.2. The lowest BCUT2D eigenvalue weighted by Gasteiger charge is -2.24. The molecular formula is C19H19Cl2N3O2. The molecule has 0 spiro atoms. The summed E-state index contributed by atoms with van der Waals surface area (Å²) in [6, 6.07) is 13.4. The molecule has 3 rings (SSSR count). The molecule has 0 unspecified atom stereocenters. The van der Waals surface area contributed by atoms with E-state index in [0.29, 0.717) is 35.2 Å². The van der Waals surface area contributed by atoms with Crippen molar-refractivity contribution >= 4 is 40.8 Å². The zero-order chi connectivity index (χ0) is 18.5. The molecule has 0 bridgehead atoms. The first kappa shape index (κ1) is 18.5. The van der Waals surface area contributed by atoms with Crippen molar-refractivity contribution < 1.29 is 9.59 Å². The maximum Gasteiger partial charge on any atom is 0.322 e. The van der Waals surface area contributed by atoms with Gasteiger partial charge < -0.3 is 15.5 Å². The fourth-order valence-electron chi connectivity index (χ4n) is 2.95. The predicted octanol–water partition coefficient (Wildman–Crippen LogP) is 4.31. The van der Waals surface area contributed by atoms with E-state index in [1.165, 1.54) is 0 Å². The summed E-state index contributed by atoms with van der Waals surface area (Å²) in [5.41, 5.74) is 1.56. The smallest absolute Gasteiger partial charge is 0.322 e. The van der Waals surface area contributed by atoms with E-state index in [1.807, 2.05) is 12.1 Å². The molecule has 5 nitrogen and oxygen atoms in total. The highest BCUT2D eigenvalue weighted by Gasteiger charge is 2.34. The van der Waals surface area contributed by atoms with Crippen LogP contribution in [0.5, 0.6) is 0 Å². The number of anilines is 1. The van der Waals surface area contributed by atoms with E-state index in [1.54, 1.807) is 41.3 Å². The lowest BCUT2D eigenvalue weighted by molar-refractivity contribution is -0.124. The van der Waals surface area contributed by atoms with Crippen molar-refractivity contribution in [3.05, 3.63) is 64.1 Å². The first-order valence-corrected chi connectivity index (χ1v) is 9.14. The molecule has 136 valence electrons. The van der Waals surface area contributed by atoms with Gasteiger partial charge in [-0.1, -0.05) is 41.4 Å². The molecule has 0 aliphatic carbocycles. The first-order valence-electron chi connectivity index (χ1n) is 8.38. The molecular weight excluding hydrogens is 373 g/mol. The van der Waals surface area contributed by atoms with Crippen molar-refractivity contribution in [3.8, 4) is 0 Å². The van der Waals surface area contributed by atoms with Gasteiger partial charge in [-0.25, -0.2) is 4.79 Å². The number of urea groups is 1. The molecule has 1 heterocycles. The number of carbonyl (C=O) groups is 2. The van der Waals surface area contributed by atoms with Crippen LogP contribution >= 0.6 is 23.2 Å². The summed E-state index contributed by atoms with van der Waals surface area (Å²) in [5, 5.41) is 6.89. The van der Waals surface area contributed by atoms with E-state index in [2.05, 4.69) is 10.6 Å². The van der Waals surface area contributed by atoms with Crippen LogP contribution < -0.4 is 10.6 Å². The van der Waals surface area contributed by atoms with Crippen molar-refractivity contribution in [2.45, 2.75) is 25.4 Å². The summed E-state index contributed by atoms with van der Waals surface area (Å²) in [4.78, 5) is 26.6.